The SMILES string of the molecule is Cc1cc(Cl)cc(C(N)=O)c1I. The molecule has 4 heteroatoms. The molecule has 0 saturated heterocycles. The molecule has 0 saturated carbocycles. The quantitative estimate of drug-likeness (QED) is 0.794. The highest BCUT2D eigenvalue weighted by Gasteiger charge is 2.08. The topological polar surface area (TPSA) is 43.1 Å². The van der Waals surface area contributed by atoms with Crippen LogP contribution in [0.3, 0.4) is 0 Å². The van der Waals surface area contributed by atoms with Gasteiger partial charge in [-0.05, 0) is 47.2 Å². The number of nitrogens with two attached hydrogens (primary N) is 1. The van der Waals surface area contributed by atoms with Gasteiger partial charge in [-0.2, -0.15) is 0 Å². The van der Waals surface area contributed by atoms with Gasteiger partial charge in [0.25, 0.3) is 0 Å². The normalized spacial score (nSPS) is 9.92. The first-order valence-corrected chi connectivity index (χ1v) is 4.73. The zero-order valence-corrected chi connectivity index (χ0v) is 9.31. The Labute approximate surface area is 89.2 Å². The van der Waals surface area contributed by atoms with E-state index in [-0.39, 0.29) is 0 Å². The maximum absolute atomic E-state index is 10.9. The minimum Gasteiger partial charge on any atom is -0.366 e. The van der Waals surface area contributed by atoms with Gasteiger partial charge < -0.3 is 5.73 Å². The van der Waals surface area contributed by atoms with Gasteiger partial charge in [-0.25, -0.2) is 0 Å². The van der Waals surface area contributed by atoms with Gasteiger partial charge >= 0.3 is 0 Å². The molecule has 1 aromatic carbocycles. The molecule has 0 aliphatic rings. The van der Waals surface area contributed by atoms with Crippen molar-refractivity contribution in [1.82, 2.24) is 0 Å². The van der Waals surface area contributed by atoms with Gasteiger partial charge in [0.1, 0.15) is 0 Å². The number of benzene rings is 1. The smallest absolute Gasteiger partial charge is 0.249 e. The summed E-state index contributed by atoms with van der Waals surface area (Å²) in [5.41, 5.74) is 6.61. The molecule has 1 amide bonds. The number of halogens is 2. The fourth-order valence-corrected chi connectivity index (χ4v) is 1.75. The first-order valence-electron chi connectivity index (χ1n) is 3.28. The molecule has 12 heavy (non-hydrogen) atoms. The van der Waals surface area contributed by atoms with Crippen molar-refractivity contribution in [1.29, 1.82) is 0 Å². The molecule has 0 fully saturated rings. The van der Waals surface area contributed by atoms with Crippen molar-refractivity contribution in [3.05, 3.63) is 31.9 Å². The van der Waals surface area contributed by atoms with Crippen LogP contribution in [0, 0.1) is 10.5 Å². The second-order valence-electron chi connectivity index (χ2n) is 2.45. The number of primary amides is 1. The summed E-state index contributed by atoms with van der Waals surface area (Å²) >= 11 is 7.83. The standard InChI is InChI=1S/C8H7ClINO/c1-4-2-5(9)3-6(7(4)10)8(11)12/h2-3H,1H3,(H2,11,12). The Balaban J connectivity index is 3.37. The Morgan fingerprint density at radius 1 is 1.58 bits per heavy atom. The molecular formula is C8H7ClINO. The summed E-state index contributed by atoms with van der Waals surface area (Å²) in [6, 6.07) is 3.38. The maximum atomic E-state index is 10.9. The van der Waals surface area contributed by atoms with Crippen LogP contribution in [0.1, 0.15) is 15.9 Å². The van der Waals surface area contributed by atoms with E-state index in [0.29, 0.717) is 10.6 Å². The average Bonchev–Trinajstić information content (AvgIpc) is 1.96. The zero-order chi connectivity index (χ0) is 9.30. The monoisotopic (exact) mass is 295 g/mol. The number of rotatable bonds is 1. The van der Waals surface area contributed by atoms with Crippen LogP contribution in [-0.4, -0.2) is 5.91 Å². The summed E-state index contributed by atoms with van der Waals surface area (Å²) in [4.78, 5) is 10.9. The minimum atomic E-state index is -0.440. The Hall–Kier alpha value is -0.290. The number of hydrogen-bond acceptors (Lipinski definition) is 1. The lowest BCUT2D eigenvalue weighted by Gasteiger charge is -2.03. The summed E-state index contributed by atoms with van der Waals surface area (Å²) < 4.78 is 0.865. The van der Waals surface area contributed by atoms with Crippen LogP contribution in [0.4, 0.5) is 0 Å². The van der Waals surface area contributed by atoms with Crippen LogP contribution in [0.5, 0.6) is 0 Å². The van der Waals surface area contributed by atoms with Gasteiger partial charge in [0.15, 0.2) is 0 Å². The summed E-state index contributed by atoms with van der Waals surface area (Å²) in [5, 5.41) is 0.543. The van der Waals surface area contributed by atoms with Crippen molar-refractivity contribution in [2.45, 2.75) is 6.92 Å². The Kier molecular flexibility index (Phi) is 2.95. The molecule has 0 aliphatic carbocycles. The highest BCUT2D eigenvalue weighted by Crippen LogP contribution is 2.21. The summed E-state index contributed by atoms with van der Waals surface area (Å²) in [6.07, 6.45) is 0. The predicted molar refractivity (Wildman–Crippen MR) is 57.4 cm³/mol. The van der Waals surface area contributed by atoms with Crippen LogP contribution in [0.25, 0.3) is 0 Å². The number of aryl methyl sites for hydroxylation is 1. The summed E-state index contributed by atoms with van der Waals surface area (Å²) in [5.74, 6) is -0.440. The van der Waals surface area contributed by atoms with Crippen molar-refractivity contribution in [2.75, 3.05) is 0 Å². The minimum absolute atomic E-state index is 0.440. The van der Waals surface area contributed by atoms with Crippen molar-refractivity contribution < 1.29 is 4.79 Å². The zero-order valence-electron chi connectivity index (χ0n) is 6.40. The second-order valence-corrected chi connectivity index (χ2v) is 3.96. The van der Waals surface area contributed by atoms with Gasteiger partial charge in [-0.3, -0.25) is 4.79 Å². The van der Waals surface area contributed by atoms with Gasteiger partial charge in [0.05, 0.1) is 5.56 Å². The average molecular weight is 296 g/mol. The summed E-state index contributed by atoms with van der Waals surface area (Å²) in [6.45, 7) is 1.89. The molecule has 0 atom stereocenters. The van der Waals surface area contributed by atoms with Crippen LogP contribution < -0.4 is 5.73 Å². The Morgan fingerprint density at radius 2 is 2.17 bits per heavy atom. The second kappa shape index (κ2) is 3.62. The van der Waals surface area contributed by atoms with E-state index >= 15 is 0 Å². The van der Waals surface area contributed by atoms with E-state index in [1.165, 1.54) is 0 Å². The number of hydrogen-bond donors (Lipinski definition) is 1. The number of amides is 1. The third kappa shape index (κ3) is 1.90. The van der Waals surface area contributed by atoms with Gasteiger partial charge in [-0.1, -0.05) is 11.6 Å². The predicted octanol–water partition coefficient (Wildman–Crippen LogP) is 2.35. The first-order chi connectivity index (χ1) is 5.52. The van der Waals surface area contributed by atoms with Gasteiger partial charge in [0.2, 0.25) is 5.91 Å². The van der Waals surface area contributed by atoms with Crippen molar-refractivity contribution in [3.63, 3.8) is 0 Å². The van der Waals surface area contributed by atoms with Gasteiger partial charge in [-0.15, -0.1) is 0 Å². The molecule has 0 bridgehead atoms. The third-order valence-corrected chi connectivity index (χ3v) is 3.13. The number of carbonyl (C=O) groups is 1. The summed E-state index contributed by atoms with van der Waals surface area (Å²) in [7, 11) is 0. The van der Waals surface area contributed by atoms with Crippen LogP contribution >= 0.6 is 34.2 Å². The molecule has 1 aromatic rings. The molecular weight excluding hydrogens is 288 g/mol. The fraction of sp³-hybridized carbons (Fsp3) is 0.125. The molecule has 0 heterocycles. The van der Waals surface area contributed by atoms with E-state index in [2.05, 4.69) is 22.6 Å². The third-order valence-electron chi connectivity index (χ3n) is 1.48. The molecule has 2 N–H and O–H groups in total. The van der Waals surface area contributed by atoms with E-state index < -0.39 is 5.91 Å². The molecule has 2 nitrogen and oxygen atoms in total. The van der Waals surface area contributed by atoms with Crippen LogP contribution in [-0.2, 0) is 0 Å². The van der Waals surface area contributed by atoms with Crippen molar-refractivity contribution in [3.8, 4) is 0 Å². The van der Waals surface area contributed by atoms with Crippen LogP contribution in [0.2, 0.25) is 5.02 Å². The lowest BCUT2D eigenvalue weighted by molar-refractivity contribution is 0.0999. The number of carbonyl (C=O) groups excluding carboxylic acids is 1. The van der Waals surface area contributed by atoms with E-state index in [1.54, 1.807) is 12.1 Å². The van der Waals surface area contributed by atoms with E-state index in [4.69, 9.17) is 17.3 Å². The van der Waals surface area contributed by atoms with Crippen molar-refractivity contribution >= 4 is 40.1 Å². The molecule has 1 rings (SSSR count). The highest BCUT2D eigenvalue weighted by molar-refractivity contribution is 14.1. The Bertz CT molecular complexity index is 338. The highest BCUT2D eigenvalue weighted by atomic mass is 127. The first kappa shape index (κ1) is 9.80. The van der Waals surface area contributed by atoms with Crippen LogP contribution in [0.15, 0.2) is 12.1 Å². The van der Waals surface area contributed by atoms with Crippen molar-refractivity contribution in [2.24, 2.45) is 5.73 Å². The molecule has 0 spiro atoms. The fourth-order valence-electron chi connectivity index (χ4n) is 0.905. The lowest BCUT2D eigenvalue weighted by atomic mass is 10.1. The molecule has 0 aliphatic heterocycles. The van der Waals surface area contributed by atoms with E-state index in [0.717, 1.165) is 9.13 Å². The largest absolute Gasteiger partial charge is 0.366 e. The molecule has 0 aromatic heterocycles. The van der Waals surface area contributed by atoms with E-state index in [9.17, 15) is 4.79 Å². The molecule has 0 radical (unpaired) electrons. The lowest BCUT2D eigenvalue weighted by Crippen LogP contribution is -2.13. The van der Waals surface area contributed by atoms with Gasteiger partial charge in [0, 0.05) is 8.59 Å². The Morgan fingerprint density at radius 3 is 2.67 bits per heavy atom. The van der Waals surface area contributed by atoms with E-state index in [1.807, 2.05) is 6.92 Å². The molecule has 0 unspecified atom stereocenters. The maximum Gasteiger partial charge on any atom is 0.249 e. The molecule has 64 valence electrons.